The minimum atomic E-state index is 0.0825. The summed E-state index contributed by atoms with van der Waals surface area (Å²) in [6, 6.07) is 8.34. The molecule has 0 amide bonds. The number of aromatic nitrogens is 5. The zero-order chi connectivity index (χ0) is 22.2. The van der Waals surface area contributed by atoms with Crippen LogP contribution in [0, 0.1) is 18.8 Å². The van der Waals surface area contributed by atoms with Crippen molar-refractivity contribution in [2.24, 2.45) is 0 Å². The highest BCUT2D eigenvalue weighted by molar-refractivity contribution is 5.90. The maximum atomic E-state index is 13.7. The summed E-state index contributed by atoms with van der Waals surface area (Å²) in [7, 11) is 0. The van der Waals surface area contributed by atoms with E-state index in [-0.39, 0.29) is 11.6 Å². The van der Waals surface area contributed by atoms with Gasteiger partial charge in [-0.15, -0.1) is 0 Å². The molecule has 0 atom stereocenters. The topological polar surface area (TPSA) is 91.6 Å². The van der Waals surface area contributed by atoms with Crippen LogP contribution >= 0.6 is 0 Å². The monoisotopic (exact) mass is 426 g/mol. The van der Waals surface area contributed by atoms with E-state index in [1.165, 1.54) is 6.33 Å². The quantitative estimate of drug-likeness (QED) is 0.501. The van der Waals surface area contributed by atoms with Crippen molar-refractivity contribution in [2.75, 3.05) is 5.73 Å². The molecule has 0 spiro atoms. The Bertz CT molecular complexity index is 1450. The molecule has 3 aromatic heterocycles. The summed E-state index contributed by atoms with van der Waals surface area (Å²) >= 11 is 0. The highest BCUT2D eigenvalue weighted by atomic mass is 16.1. The Morgan fingerprint density at radius 3 is 2.78 bits per heavy atom. The summed E-state index contributed by atoms with van der Waals surface area (Å²) in [5, 5.41) is 7.14. The van der Waals surface area contributed by atoms with Crippen LogP contribution in [-0.4, -0.2) is 24.3 Å². The van der Waals surface area contributed by atoms with Gasteiger partial charge in [0.1, 0.15) is 17.8 Å². The third-order valence-electron chi connectivity index (χ3n) is 6.31. The molecule has 0 bridgehead atoms. The lowest BCUT2D eigenvalue weighted by Gasteiger charge is -2.21. The second-order valence-corrected chi connectivity index (χ2v) is 8.41. The second kappa shape index (κ2) is 8.12. The third-order valence-corrected chi connectivity index (χ3v) is 6.31. The molecule has 2 N–H and O–H groups in total. The van der Waals surface area contributed by atoms with E-state index in [0.717, 1.165) is 47.7 Å². The number of hydrogen-bond donors (Lipinski definition) is 1. The Hall–Kier alpha value is -3.66. The lowest BCUT2D eigenvalue weighted by atomic mass is 10.0. The highest BCUT2D eigenvalue weighted by Crippen LogP contribution is 2.31. The predicted molar refractivity (Wildman–Crippen MR) is 126 cm³/mol. The van der Waals surface area contributed by atoms with Gasteiger partial charge in [-0.2, -0.15) is 5.10 Å². The lowest BCUT2D eigenvalue weighted by molar-refractivity contribution is 0.475. The Kier molecular flexibility index (Phi) is 5.14. The van der Waals surface area contributed by atoms with Crippen LogP contribution in [0.25, 0.3) is 21.8 Å². The van der Waals surface area contributed by atoms with Crippen molar-refractivity contribution in [3.8, 4) is 11.8 Å². The standard InChI is InChI=1S/C25H26N6O/c1-3-4-12-20-22-23(26)27-15-28-24(22)30(29-20)14-19-13-17-9-7-8-16(2)21(17)25(32)31(19)18-10-5-6-11-18/h7-9,13,15,18H,3,5-6,10-11,14H2,1-2H3,(H2,26,27,28). The van der Waals surface area contributed by atoms with Crippen molar-refractivity contribution >= 4 is 27.6 Å². The van der Waals surface area contributed by atoms with E-state index in [9.17, 15) is 4.79 Å². The molecule has 3 heterocycles. The van der Waals surface area contributed by atoms with Crippen LogP contribution in [0.15, 0.2) is 35.4 Å². The summed E-state index contributed by atoms with van der Waals surface area (Å²) in [4.78, 5) is 22.3. The van der Waals surface area contributed by atoms with Gasteiger partial charge in [0.2, 0.25) is 0 Å². The van der Waals surface area contributed by atoms with Crippen LogP contribution in [0.3, 0.4) is 0 Å². The van der Waals surface area contributed by atoms with Crippen molar-refractivity contribution in [3.05, 3.63) is 57.9 Å². The molecule has 0 aliphatic heterocycles. The predicted octanol–water partition coefficient (Wildman–Crippen LogP) is 3.96. The van der Waals surface area contributed by atoms with Crippen LogP contribution < -0.4 is 11.3 Å². The van der Waals surface area contributed by atoms with Gasteiger partial charge in [-0.1, -0.05) is 43.9 Å². The number of nitrogen functional groups attached to an aromatic ring is 1. The first kappa shape index (κ1) is 20.3. The normalized spacial score (nSPS) is 14.2. The van der Waals surface area contributed by atoms with Gasteiger partial charge in [-0.3, -0.25) is 4.79 Å². The Labute approximate surface area is 186 Å². The van der Waals surface area contributed by atoms with Gasteiger partial charge in [-0.05, 0) is 42.7 Å². The largest absolute Gasteiger partial charge is 0.383 e. The number of nitrogens with two attached hydrogens (primary N) is 1. The molecule has 1 saturated carbocycles. The van der Waals surface area contributed by atoms with E-state index in [0.29, 0.717) is 35.5 Å². The molecule has 1 aliphatic rings. The lowest BCUT2D eigenvalue weighted by Crippen LogP contribution is -2.28. The van der Waals surface area contributed by atoms with Crippen molar-refractivity contribution in [3.63, 3.8) is 0 Å². The van der Waals surface area contributed by atoms with Gasteiger partial charge in [0.25, 0.3) is 5.56 Å². The molecular formula is C25H26N6O. The van der Waals surface area contributed by atoms with Crippen molar-refractivity contribution < 1.29 is 0 Å². The first-order valence-corrected chi connectivity index (χ1v) is 11.2. The maximum absolute atomic E-state index is 13.7. The Balaban J connectivity index is 1.73. The molecule has 162 valence electrons. The van der Waals surface area contributed by atoms with Gasteiger partial charge in [0.05, 0.1) is 17.3 Å². The number of nitrogens with zero attached hydrogens (tertiary/aromatic N) is 5. The SMILES string of the molecule is CCC#Cc1nn(Cc2cc3cccc(C)c3c(=O)n2C2CCCC2)c2ncnc(N)c12. The summed E-state index contributed by atoms with van der Waals surface area (Å²) in [5.41, 5.74) is 9.38. The number of pyridine rings is 1. The van der Waals surface area contributed by atoms with E-state index < -0.39 is 0 Å². The fourth-order valence-corrected chi connectivity index (χ4v) is 4.84. The van der Waals surface area contributed by atoms with Gasteiger partial charge < -0.3 is 10.3 Å². The van der Waals surface area contributed by atoms with Crippen molar-refractivity contribution in [1.82, 2.24) is 24.3 Å². The minimum absolute atomic E-state index is 0.0825. The third kappa shape index (κ3) is 3.32. The molecule has 4 aromatic rings. The van der Waals surface area contributed by atoms with E-state index >= 15 is 0 Å². The van der Waals surface area contributed by atoms with Crippen LogP contribution in [0.4, 0.5) is 5.82 Å². The second-order valence-electron chi connectivity index (χ2n) is 8.41. The molecule has 0 unspecified atom stereocenters. The molecular weight excluding hydrogens is 400 g/mol. The highest BCUT2D eigenvalue weighted by Gasteiger charge is 2.23. The Morgan fingerprint density at radius 2 is 2.00 bits per heavy atom. The Morgan fingerprint density at radius 1 is 1.19 bits per heavy atom. The van der Waals surface area contributed by atoms with E-state index in [1.807, 2.05) is 36.6 Å². The van der Waals surface area contributed by atoms with Crippen LogP contribution in [-0.2, 0) is 6.54 Å². The zero-order valence-electron chi connectivity index (χ0n) is 18.4. The average molecular weight is 427 g/mol. The minimum Gasteiger partial charge on any atom is -0.383 e. The van der Waals surface area contributed by atoms with E-state index in [1.54, 1.807) is 4.68 Å². The van der Waals surface area contributed by atoms with Crippen LogP contribution in [0.1, 0.15) is 62.0 Å². The molecule has 1 fully saturated rings. The van der Waals surface area contributed by atoms with Crippen LogP contribution in [0.5, 0.6) is 0 Å². The van der Waals surface area contributed by atoms with E-state index in [4.69, 9.17) is 10.8 Å². The first-order valence-electron chi connectivity index (χ1n) is 11.2. The summed E-state index contributed by atoms with van der Waals surface area (Å²) < 4.78 is 3.80. The van der Waals surface area contributed by atoms with Gasteiger partial charge in [0.15, 0.2) is 5.65 Å². The summed E-state index contributed by atoms with van der Waals surface area (Å²) in [6.45, 7) is 4.40. The molecule has 7 heteroatoms. The molecule has 32 heavy (non-hydrogen) atoms. The molecule has 0 radical (unpaired) electrons. The molecule has 7 nitrogen and oxygen atoms in total. The average Bonchev–Trinajstić information content (AvgIpc) is 3.42. The van der Waals surface area contributed by atoms with Crippen molar-refractivity contribution in [2.45, 2.75) is 58.5 Å². The number of benzene rings is 1. The van der Waals surface area contributed by atoms with Crippen LogP contribution in [0.2, 0.25) is 0 Å². The number of aryl methyl sites for hydroxylation is 1. The summed E-state index contributed by atoms with van der Waals surface area (Å²) in [5.74, 6) is 6.52. The molecule has 1 aromatic carbocycles. The molecule has 0 saturated heterocycles. The van der Waals surface area contributed by atoms with Gasteiger partial charge >= 0.3 is 0 Å². The molecule has 1 aliphatic carbocycles. The number of rotatable bonds is 3. The smallest absolute Gasteiger partial charge is 0.259 e. The number of fused-ring (bicyclic) bond motifs is 2. The summed E-state index contributed by atoms with van der Waals surface area (Å²) in [6.07, 6.45) is 6.49. The van der Waals surface area contributed by atoms with E-state index in [2.05, 4.69) is 27.9 Å². The maximum Gasteiger partial charge on any atom is 0.259 e. The van der Waals surface area contributed by atoms with Gasteiger partial charge in [-0.25, -0.2) is 14.6 Å². The zero-order valence-corrected chi connectivity index (χ0v) is 18.4. The fourth-order valence-electron chi connectivity index (χ4n) is 4.84. The first-order chi connectivity index (χ1) is 15.6. The fraction of sp³-hybridized carbons (Fsp3) is 0.360. The molecule has 5 rings (SSSR count). The number of anilines is 1. The van der Waals surface area contributed by atoms with Crippen molar-refractivity contribution in [1.29, 1.82) is 0 Å². The van der Waals surface area contributed by atoms with Gasteiger partial charge in [0, 0.05) is 18.2 Å². The number of hydrogen-bond acceptors (Lipinski definition) is 5.